The summed E-state index contributed by atoms with van der Waals surface area (Å²) < 4.78 is 26.4. The number of nitrogens with one attached hydrogen (secondary N) is 2. The van der Waals surface area contributed by atoms with E-state index in [0.717, 1.165) is 0 Å². The molecule has 2 amide bonds. The van der Waals surface area contributed by atoms with Crippen LogP contribution in [0.25, 0.3) is 0 Å². The lowest BCUT2D eigenvalue weighted by atomic mass is 10.1. The van der Waals surface area contributed by atoms with Crippen LogP contribution in [0, 0.1) is 11.6 Å². The van der Waals surface area contributed by atoms with Gasteiger partial charge in [-0.1, -0.05) is 18.2 Å². The zero-order valence-electron chi connectivity index (χ0n) is 14.5. The van der Waals surface area contributed by atoms with E-state index in [9.17, 15) is 18.4 Å². The molecule has 0 atom stereocenters. The maximum atomic E-state index is 13.5. The SMILES string of the molecule is O=C(NN=Cc1ccccc1F)c1ccc(NC(=O)c2ccc(F)cc2)cc1. The lowest BCUT2D eigenvalue weighted by molar-refractivity contribution is 0.0954. The molecule has 0 aliphatic heterocycles. The molecule has 0 unspecified atom stereocenters. The fourth-order valence-electron chi connectivity index (χ4n) is 2.31. The van der Waals surface area contributed by atoms with Gasteiger partial charge < -0.3 is 5.32 Å². The summed E-state index contributed by atoms with van der Waals surface area (Å²) in [6, 6.07) is 17.3. The van der Waals surface area contributed by atoms with Gasteiger partial charge in [0.15, 0.2) is 0 Å². The van der Waals surface area contributed by atoms with Crippen molar-refractivity contribution in [2.24, 2.45) is 5.10 Å². The first-order valence-electron chi connectivity index (χ1n) is 8.28. The van der Waals surface area contributed by atoms with Gasteiger partial charge in [-0.3, -0.25) is 9.59 Å². The Balaban J connectivity index is 1.59. The summed E-state index contributed by atoms with van der Waals surface area (Å²) in [7, 11) is 0. The Morgan fingerprint density at radius 2 is 1.39 bits per heavy atom. The molecule has 0 radical (unpaired) electrons. The fourth-order valence-corrected chi connectivity index (χ4v) is 2.31. The van der Waals surface area contributed by atoms with Crippen LogP contribution in [0.4, 0.5) is 14.5 Å². The highest BCUT2D eigenvalue weighted by atomic mass is 19.1. The summed E-state index contributed by atoms with van der Waals surface area (Å²) in [6.07, 6.45) is 1.21. The van der Waals surface area contributed by atoms with Crippen LogP contribution in [-0.4, -0.2) is 18.0 Å². The lowest BCUT2D eigenvalue weighted by Crippen LogP contribution is -2.18. The van der Waals surface area contributed by atoms with Crippen LogP contribution in [0.2, 0.25) is 0 Å². The minimum atomic E-state index is -0.482. The molecule has 7 heteroatoms. The van der Waals surface area contributed by atoms with Crippen LogP contribution in [0.3, 0.4) is 0 Å². The standard InChI is InChI=1S/C21H15F2N3O2/c22-17-9-5-14(6-10-17)20(27)25-18-11-7-15(8-12-18)21(28)26-24-13-16-3-1-2-4-19(16)23/h1-13H,(H,25,27)(H,26,28). The van der Waals surface area contributed by atoms with Crippen LogP contribution in [0.5, 0.6) is 0 Å². The summed E-state index contributed by atoms with van der Waals surface area (Å²) in [4.78, 5) is 24.2. The third kappa shape index (κ3) is 4.85. The first kappa shape index (κ1) is 18.9. The number of nitrogens with zero attached hydrogens (tertiary/aromatic N) is 1. The maximum absolute atomic E-state index is 13.5. The third-order valence-corrected chi connectivity index (χ3v) is 3.79. The Morgan fingerprint density at radius 1 is 0.786 bits per heavy atom. The van der Waals surface area contributed by atoms with Gasteiger partial charge >= 0.3 is 0 Å². The minimum absolute atomic E-state index is 0.252. The van der Waals surface area contributed by atoms with E-state index >= 15 is 0 Å². The molecule has 5 nitrogen and oxygen atoms in total. The zero-order chi connectivity index (χ0) is 19.9. The number of rotatable bonds is 5. The van der Waals surface area contributed by atoms with E-state index in [1.54, 1.807) is 24.3 Å². The average Bonchev–Trinajstić information content (AvgIpc) is 2.70. The van der Waals surface area contributed by atoms with Crippen LogP contribution in [0.15, 0.2) is 77.9 Å². The molecule has 0 spiro atoms. The van der Waals surface area contributed by atoms with Gasteiger partial charge in [-0.25, -0.2) is 14.2 Å². The number of benzene rings is 3. The Kier molecular flexibility index (Phi) is 5.86. The first-order valence-corrected chi connectivity index (χ1v) is 8.28. The lowest BCUT2D eigenvalue weighted by Gasteiger charge is -2.06. The predicted molar refractivity (Wildman–Crippen MR) is 102 cm³/mol. The van der Waals surface area contributed by atoms with E-state index in [0.29, 0.717) is 16.8 Å². The van der Waals surface area contributed by atoms with Crippen molar-refractivity contribution in [2.75, 3.05) is 5.32 Å². The van der Waals surface area contributed by atoms with Gasteiger partial charge in [0.1, 0.15) is 11.6 Å². The Morgan fingerprint density at radius 3 is 2.07 bits per heavy atom. The molecule has 0 aliphatic rings. The summed E-state index contributed by atoms with van der Waals surface area (Å²) in [5.74, 6) is -1.75. The van der Waals surface area contributed by atoms with Crippen molar-refractivity contribution in [3.63, 3.8) is 0 Å². The van der Waals surface area contributed by atoms with Gasteiger partial charge in [0.05, 0.1) is 6.21 Å². The molecular formula is C21H15F2N3O2. The van der Waals surface area contributed by atoms with E-state index in [1.165, 1.54) is 54.7 Å². The van der Waals surface area contributed by atoms with E-state index in [1.807, 2.05) is 0 Å². The van der Waals surface area contributed by atoms with Crippen molar-refractivity contribution in [3.8, 4) is 0 Å². The Labute approximate surface area is 159 Å². The van der Waals surface area contributed by atoms with Gasteiger partial charge in [-0.05, 0) is 54.6 Å². The van der Waals surface area contributed by atoms with Crippen LogP contribution < -0.4 is 10.7 Å². The second-order valence-electron chi connectivity index (χ2n) is 5.76. The van der Waals surface area contributed by atoms with Crippen molar-refractivity contribution in [2.45, 2.75) is 0 Å². The van der Waals surface area contributed by atoms with E-state index in [-0.39, 0.29) is 5.56 Å². The molecule has 28 heavy (non-hydrogen) atoms. The Hall–Kier alpha value is -3.87. The minimum Gasteiger partial charge on any atom is -0.322 e. The number of hydrogen-bond acceptors (Lipinski definition) is 3. The Bertz CT molecular complexity index is 1020. The molecule has 0 saturated heterocycles. The molecule has 0 heterocycles. The fraction of sp³-hybridized carbons (Fsp3) is 0. The quantitative estimate of drug-likeness (QED) is 0.520. The molecule has 3 aromatic carbocycles. The molecule has 0 aromatic heterocycles. The molecule has 0 fully saturated rings. The van der Waals surface area contributed by atoms with Gasteiger partial charge in [-0.2, -0.15) is 5.10 Å². The van der Waals surface area contributed by atoms with Crippen molar-refractivity contribution in [3.05, 3.63) is 101 Å². The van der Waals surface area contributed by atoms with E-state index in [4.69, 9.17) is 0 Å². The second-order valence-corrected chi connectivity index (χ2v) is 5.76. The molecule has 140 valence electrons. The summed E-state index contributed by atoms with van der Waals surface area (Å²) >= 11 is 0. The molecule has 0 aliphatic carbocycles. The third-order valence-electron chi connectivity index (χ3n) is 3.79. The van der Waals surface area contributed by atoms with Crippen LogP contribution >= 0.6 is 0 Å². The number of halogens is 2. The van der Waals surface area contributed by atoms with Gasteiger partial charge in [0.25, 0.3) is 11.8 Å². The largest absolute Gasteiger partial charge is 0.322 e. The highest BCUT2D eigenvalue weighted by Crippen LogP contribution is 2.12. The van der Waals surface area contributed by atoms with Crippen LogP contribution in [0.1, 0.15) is 26.3 Å². The second kappa shape index (κ2) is 8.68. The van der Waals surface area contributed by atoms with Crippen molar-refractivity contribution in [1.82, 2.24) is 5.43 Å². The number of hydrazone groups is 1. The average molecular weight is 379 g/mol. The van der Waals surface area contributed by atoms with Gasteiger partial charge in [-0.15, -0.1) is 0 Å². The highest BCUT2D eigenvalue weighted by Gasteiger charge is 2.08. The summed E-state index contributed by atoms with van der Waals surface area (Å²) in [5, 5.41) is 6.38. The van der Waals surface area contributed by atoms with Gasteiger partial charge in [0, 0.05) is 22.4 Å². The highest BCUT2D eigenvalue weighted by molar-refractivity contribution is 6.04. The first-order chi connectivity index (χ1) is 13.5. The van der Waals surface area contributed by atoms with Crippen LogP contribution in [-0.2, 0) is 0 Å². The molecule has 3 aromatic rings. The molecular weight excluding hydrogens is 364 g/mol. The molecule has 2 N–H and O–H groups in total. The molecule has 0 saturated carbocycles. The summed E-state index contributed by atoms with van der Waals surface area (Å²) in [5.41, 5.74) is 3.65. The van der Waals surface area contributed by atoms with Crippen molar-refractivity contribution < 1.29 is 18.4 Å². The predicted octanol–water partition coefficient (Wildman–Crippen LogP) is 3.98. The van der Waals surface area contributed by atoms with Gasteiger partial charge in [0.2, 0.25) is 0 Å². The maximum Gasteiger partial charge on any atom is 0.271 e. The molecule has 0 bridgehead atoms. The number of carbonyl (C=O) groups is 2. The summed E-state index contributed by atoms with van der Waals surface area (Å²) in [6.45, 7) is 0. The zero-order valence-corrected chi connectivity index (χ0v) is 14.5. The number of carbonyl (C=O) groups excluding carboxylic acids is 2. The number of anilines is 1. The monoisotopic (exact) mass is 379 g/mol. The topological polar surface area (TPSA) is 70.6 Å². The van der Waals surface area contributed by atoms with Crippen molar-refractivity contribution in [1.29, 1.82) is 0 Å². The van der Waals surface area contributed by atoms with E-state index < -0.39 is 23.4 Å². The number of amides is 2. The normalized spacial score (nSPS) is 10.6. The van der Waals surface area contributed by atoms with E-state index in [2.05, 4.69) is 15.8 Å². The number of hydrogen-bond donors (Lipinski definition) is 2. The van der Waals surface area contributed by atoms with Crippen molar-refractivity contribution >= 4 is 23.7 Å². The molecule has 3 rings (SSSR count). The smallest absolute Gasteiger partial charge is 0.271 e.